The first-order valence-electron chi connectivity index (χ1n) is 7.25. The van der Waals surface area contributed by atoms with Crippen molar-refractivity contribution in [3.63, 3.8) is 0 Å². The van der Waals surface area contributed by atoms with E-state index in [1.807, 2.05) is 6.07 Å². The van der Waals surface area contributed by atoms with E-state index >= 15 is 0 Å². The molecule has 0 radical (unpaired) electrons. The first-order chi connectivity index (χ1) is 8.94. The predicted octanol–water partition coefficient (Wildman–Crippen LogP) is 4.49. The van der Waals surface area contributed by atoms with Crippen molar-refractivity contribution in [1.29, 1.82) is 0 Å². The van der Waals surface area contributed by atoms with E-state index < -0.39 is 0 Å². The molecule has 0 spiro atoms. The second-order valence-corrected chi connectivity index (χ2v) is 6.73. The molecule has 1 aromatic rings. The molecule has 1 saturated carbocycles. The van der Waals surface area contributed by atoms with Gasteiger partial charge in [-0.1, -0.05) is 39.3 Å². The summed E-state index contributed by atoms with van der Waals surface area (Å²) in [5, 5.41) is 4.07. The standard InChI is InChI=1S/C15H24ClN3/c1-9(2)15-18-13(16)8-14(19-15)17-12-6-10(3)5-11(4)7-12/h8-12H,5-7H2,1-4H3,(H,17,18,19). The van der Waals surface area contributed by atoms with Gasteiger partial charge in [-0.2, -0.15) is 0 Å². The minimum atomic E-state index is 0.295. The fourth-order valence-corrected chi connectivity index (χ4v) is 3.23. The Hall–Kier alpha value is -0.830. The zero-order chi connectivity index (χ0) is 14.0. The largest absolute Gasteiger partial charge is 0.367 e. The van der Waals surface area contributed by atoms with Crippen LogP contribution in [-0.4, -0.2) is 16.0 Å². The third-order valence-electron chi connectivity index (χ3n) is 3.76. The molecule has 0 saturated heterocycles. The summed E-state index contributed by atoms with van der Waals surface area (Å²) in [6, 6.07) is 2.34. The molecule has 1 aliphatic rings. The van der Waals surface area contributed by atoms with Crippen LogP contribution in [-0.2, 0) is 0 Å². The highest BCUT2D eigenvalue weighted by molar-refractivity contribution is 6.29. The van der Waals surface area contributed by atoms with Crippen molar-refractivity contribution in [2.45, 2.75) is 58.9 Å². The Morgan fingerprint density at radius 3 is 2.37 bits per heavy atom. The van der Waals surface area contributed by atoms with E-state index in [9.17, 15) is 0 Å². The molecule has 1 aromatic heterocycles. The fraction of sp³-hybridized carbons (Fsp3) is 0.733. The average Bonchev–Trinajstić information content (AvgIpc) is 2.26. The third kappa shape index (κ3) is 4.07. The van der Waals surface area contributed by atoms with Gasteiger partial charge in [0.05, 0.1) is 0 Å². The summed E-state index contributed by atoms with van der Waals surface area (Å²) in [5.74, 6) is 3.54. The van der Waals surface area contributed by atoms with Crippen LogP contribution in [0.1, 0.15) is 58.7 Å². The molecular formula is C15H24ClN3. The van der Waals surface area contributed by atoms with Crippen molar-refractivity contribution >= 4 is 17.4 Å². The minimum absolute atomic E-state index is 0.295. The maximum atomic E-state index is 6.08. The van der Waals surface area contributed by atoms with E-state index in [2.05, 4.69) is 43.0 Å². The van der Waals surface area contributed by atoms with Crippen molar-refractivity contribution in [1.82, 2.24) is 9.97 Å². The first kappa shape index (κ1) is 14.6. The smallest absolute Gasteiger partial charge is 0.135 e. The molecule has 1 fully saturated rings. The predicted molar refractivity (Wildman–Crippen MR) is 80.7 cm³/mol. The zero-order valence-corrected chi connectivity index (χ0v) is 13.0. The van der Waals surface area contributed by atoms with Gasteiger partial charge in [-0.3, -0.25) is 0 Å². The van der Waals surface area contributed by atoms with E-state index in [1.165, 1.54) is 19.3 Å². The molecule has 3 nitrogen and oxygen atoms in total. The summed E-state index contributed by atoms with van der Waals surface area (Å²) in [7, 11) is 0. The Labute approximate surface area is 121 Å². The number of aromatic nitrogens is 2. The molecule has 0 aliphatic heterocycles. The summed E-state index contributed by atoms with van der Waals surface area (Å²) in [5.41, 5.74) is 0. The van der Waals surface area contributed by atoms with Crippen molar-refractivity contribution < 1.29 is 0 Å². The average molecular weight is 282 g/mol. The molecule has 0 aromatic carbocycles. The number of anilines is 1. The Kier molecular flexibility index (Phi) is 4.67. The highest BCUT2D eigenvalue weighted by Crippen LogP contribution is 2.30. The highest BCUT2D eigenvalue weighted by Gasteiger charge is 2.24. The number of hydrogen-bond donors (Lipinski definition) is 1. The second kappa shape index (κ2) is 6.08. The summed E-state index contributed by atoms with van der Waals surface area (Å²) in [4.78, 5) is 8.84. The number of nitrogens with zero attached hydrogens (tertiary/aromatic N) is 2. The van der Waals surface area contributed by atoms with Gasteiger partial charge in [-0.15, -0.1) is 0 Å². The van der Waals surface area contributed by atoms with Gasteiger partial charge in [0.1, 0.15) is 16.8 Å². The Morgan fingerprint density at radius 1 is 1.16 bits per heavy atom. The lowest BCUT2D eigenvalue weighted by Crippen LogP contribution is -2.30. The van der Waals surface area contributed by atoms with Crippen LogP contribution >= 0.6 is 11.6 Å². The van der Waals surface area contributed by atoms with E-state index in [-0.39, 0.29) is 0 Å². The van der Waals surface area contributed by atoms with Gasteiger partial charge in [0.15, 0.2) is 0 Å². The summed E-state index contributed by atoms with van der Waals surface area (Å²) >= 11 is 6.08. The maximum Gasteiger partial charge on any atom is 0.135 e. The first-order valence-corrected chi connectivity index (χ1v) is 7.62. The molecule has 19 heavy (non-hydrogen) atoms. The highest BCUT2D eigenvalue weighted by atomic mass is 35.5. The molecule has 1 N–H and O–H groups in total. The number of rotatable bonds is 3. The molecule has 4 heteroatoms. The van der Waals surface area contributed by atoms with Gasteiger partial charge in [0, 0.05) is 18.0 Å². The van der Waals surface area contributed by atoms with Gasteiger partial charge in [0.25, 0.3) is 0 Å². The maximum absolute atomic E-state index is 6.08. The number of halogens is 1. The Balaban J connectivity index is 2.10. The van der Waals surface area contributed by atoms with E-state index in [0.29, 0.717) is 17.1 Å². The van der Waals surface area contributed by atoms with Gasteiger partial charge < -0.3 is 5.32 Å². The van der Waals surface area contributed by atoms with E-state index in [1.54, 1.807) is 0 Å². The normalized spacial score (nSPS) is 27.6. The molecule has 2 atom stereocenters. The summed E-state index contributed by atoms with van der Waals surface area (Å²) < 4.78 is 0. The molecular weight excluding hydrogens is 258 g/mol. The van der Waals surface area contributed by atoms with Gasteiger partial charge in [-0.05, 0) is 31.1 Å². The van der Waals surface area contributed by atoms with Crippen molar-refractivity contribution in [2.24, 2.45) is 11.8 Å². The van der Waals surface area contributed by atoms with Crippen molar-refractivity contribution in [3.05, 3.63) is 17.0 Å². The van der Waals surface area contributed by atoms with Crippen molar-refractivity contribution in [2.75, 3.05) is 5.32 Å². The molecule has 2 rings (SSSR count). The third-order valence-corrected chi connectivity index (χ3v) is 3.95. The van der Waals surface area contributed by atoms with Gasteiger partial charge >= 0.3 is 0 Å². The Morgan fingerprint density at radius 2 is 1.79 bits per heavy atom. The molecule has 2 unspecified atom stereocenters. The van der Waals surface area contributed by atoms with Crippen LogP contribution in [0.3, 0.4) is 0 Å². The topological polar surface area (TPSA) is 37.8 Å². The molecule has 1 aliphatic carbocycles. The van der Waals surface area contributed by atoms with Crippen LogP contribution in [0.4, 0.5) is 5.82 Å². The monoisotopic (exact) mass is 281 g/mol. The molecule has 106 valence electrons. The quantitative estimate of drug-likeness (QED) is 0.830. The molecule has 0 bridgehead atoms. The van der Waals surface area contributed by atoms with Crippen LogP contribution in [0.5, 0.6) is 0 Å². The summed E-state index contributed by atoms with van der Waals surface area (Å²) in [6.45, 7) is 8.83. The molecule has 1 heterocycles. The summed E-state index contributed by atoms with van der Waals surface area (Å²) in [6.07, 6.45) is 3.76. The van der Waals surface area contributed by atoms with Crippen LogP contribution in [0, 0.1) is 11.8 Å². The fourth-order valence-electron chi connectivity index (χ4n) is 3.04. The SMILES string of the molecule is CC1CC(C)CC(Nc2cc(Cl)nc(C(C)C)n2)C1. The van der Waals surface area contributed by atoms with Crippen molar-refractivity contribution in [3.8, 4) is 0 Å². The molecule has 0 amide bonds. The van der Waals surface area contributed by atoms with Crippen LogP contribution in [0.15, 0.2) is 6.07 Å². The second-order valence-electron chi connectivity index (χ2n) is 6.35. The lowest BCUT2D eigenvalue weighted by molar-refractivity contribution is 0.280. The van der Waals surface area contributed by atoms with E-state index in [4.69, 9.17) is 11.6 Å². The van der Waals surface area contributed by atoms with Crippen LogP contribution in [0.25, 0.3) is 0 Å². The number of nitrogens with one attached hydrogen (secondary N) is 1. The van der Waals surface area contributed by atoms with E-state index in [0.717, 1.165) is 23.5 Å². The zero-order valence-electron chi connectivity index (χ0n) is 12.3. The lowest BCUT2D eigenvalue weighted by Gasteiger charge is -2.32. The van der Waals surface area contributed by atoms with Gasteiger partial charge in [-0.25, -0.2) is 9.97 Å². The van der Waals surface area contributed by atoms with Crippen LogP contribution < -0.4 is 5.32 Å². The van der Waals surface area contributed by atoms with Gasteiger partial charge in [0.2, 0.25) is 0 Å². The Bertz CT molecular complexity index is 423. The number of hydrogen-bond acceptors (Lipinski definition) is 3. The minimum Gasteiger partial charge on any atom is -0.367 e. The lowest BCUT2D eigenvalue weighted by atomic mass is 9.80. The van der Waals surface area contributed by atoms with Crippen LogP contribution in [0.2, 0.25) is 5.15 Å².